The Labute approximate surface area is 165 Å². The van der Waals surface area contributed by atoms with Crippen LogP contribution in [0.25, 0.3) is 16.6 Å². The fraction of sp³-hybridized carbons (Fsp3) is 0.136. The summed E-state index contributed by atoms with van der Waals surface area (Å²) in [7, 11) is 0. The van der Waals surface area contributed by atoms with E-state index in [1.165, 1.54) is 6.07 Å². The van der Waals surface area contributed by atoms with E-state index in [1.807, 2.05) is 24.3 Å². The van der Waals surface area contributed by atoms with Crippen LogP contribution in [0.2, 0.25) is 0 Å². The Morgan fingerprint density at radius 2 is 1.90 bits per heavy atom. The molecule has 0 bridgehead atoms. The first-order valence-corrected chi connectivity index (χ1v) is 9.33. The van der Waals surface area contributed by atoms with Crippen molar-refractivity contribution in [2.24, 2.45) is 0 Å². The van der Waals surface area contributed by atoms with Gasteiger partial charge in [0.15, 0.2) is 17.3 Å². The number of nitrogens with one attached hydrogen (secondary N) is 1. The van der Waals surface area contributed by atoms with E-state index >= 15 is 0 Å². The third-order valence-electron chi connectivity index (χ3n) is 5.17. The lowest BCUT2D eigenvalue weighted by Gasteiger charge is -2.07. The molecule has 2 aromatic carbocycles. The SMILES string of the molecule is O=C(Nc1cccc2cccnc12)c1nn(-c2ccc(F)c(F)c2)c2c1CCC2. The second-order valence-electron chi connectivity index (χ2n) is 6.97. The average Bonchev–Trinajstić information content (AvgIpc) is 3.33. The van der Waals surface area contributed by atoms with E-state index in [2.05, 4.69) is 15.4 Å². The maximum Gasteiger partial charge on any atom is 0.276 e. The largest absolute Gasteiger partial charge is 0.319 e. The van der Waals surface area contributed by atoms with Crippen LogP contribution in [0, 0.1) is 11.6 Å². The maximum atomic E-state index is 13.7. The van der Waals surface area contributed by atoms with E-state index in [9.17, 15) is 13.6 Å². The lowest BCUT2D eigenvalue weighted by atomic mass is 10.1. The van der Waals surface area contributed by atoms with Gasteiger partial charge in [-0.2, -0.15) is 5.10 Å². The number of pyridine rings is 1. The zero-order valence-corrected chi connectivity index (χ0v) is 15.3. The number of para-hydroxylation sites is 1. The molecule has 2 heterocycles. The number of amides is 1. The summed E-state index contributed by atoms with van der Waals surface area (Å²) in [6, 6.07) is 12.9. The highest BCUT2D eigenvalue weighted by atomic mass is 19.2. The van der Waals surface area contributed by atoms with Crippen molar-refractivity contribution >= 4 is 22.5 Å². The Balaban J connectivity index is 1.54. The van der Waals surface area contributed by atoms with Crippen LogP contribution in [-0.4, -0.2) is 20.7 Å². The van der Waals surface area contributed by atoms with Gasteiger partial charge in [-0.1, -0.05) is 18.2 Å². The first-order chi connectivity index (χ1) is 14.1. The molecule has 7 heteroatoms. The summed E-state index contributed by atoms with van der Waals surface area (Å²) in [5.41, 5.74) is 3.70. The number of aromatic nitrogens is 3. The standard InChI is InChI=1S/C22H16F2N4O/c23-16-10-9-14(12-17(16)24)28-19-8-2-6-15(19)21(27-28)22(29)26-18-7-1-4-13-5-3-11-25-20(13)18/h1,3-5,7,9-12H,2,6,8H2,(H,26,29). The summed E-state index contributed by atoms with van der Waals surface area (Å²) < 4.78 is 28.6. The third kappa shape index (κ3) is 2.95. The first-order valence-electron chi connectivity index (χ1n) is 9.33. The molecule has 0 atom stereocenters. The lowest BCUT2D eigenvalue weighted by Crippen LogP contribution is -2.15. The summed E-state index contributed by atoms with van der Waals surface area (Å²) >= 11 is 0. The third-order valence-corrected chi connectivity index (χ3v) is 5.17. The van der Waals surface area contributed by atoms with Crippen LogP contribution in [-0.2, 0) is 12.8 Å². The molecular formula is C22H16F2N4O. The van der Waals surface area contributed by atoms with E-state index in [4.69, 9.17) is 0 Å². The summed E-state index contributed by atoms with van der Waals surface area (Å²) in [5.74, 6) is -2.21. The molecule has 1 amide bonds. The van der Waals surface area contributed by atoms with Crippen molar-refractivity contribution in [1.82, 2.24) is 14.8 Å². The normalized spacial score (nSPS) is 12.9. The van der Waals surface area contributed by atoms with Crippen molar-refractivity contribution in [1.29, 1.82) is 0 Å². The number of anilines is 1. The highest BCUT2D eigenvalue weighted by Crippen LogP contribution is 2.29. The van der Waals surface area contributed by atoms with Gasteiger partial charge in [0.25, 0.3) is 5.91 Å². The molecular weight excluding hydrogens is 374 g/mol. The zero-order chi connectivity index (χ0) is 20.0. The minimum Gasteiger partial charge on any atom is -0.319 e. The van der Waals surface area contributed by atoms with Crippen LogP contribution in [0.15, 0.2) is 54.7 Å². The van der Waals surface area contributed by atoms with Gasteiger partial charge < -0.3 is 5.32 Å². The lowest BCUT2D eigenvalue weighted by molar-refractivity contribution is 0.102. The molecule has 0 saturated heterocycles. The van der Waals surface area contributed by atoms with Gasteiger partial charge in [-0.3, -0.25) is 9.78 Å². The number of fused-ring (bicyclic) bond motifs is 2. The first kappa shape index (κ1) is 17.5. The number of carbonyl (C=O) groups is 1. The topological polar surface area (TPSA) is 59.8 Å². The van der Waals surface area contributed by atoms with Gasteiger partial charge in [0.05, 0.1) is 16.9 Å². The smallest absolute Gasteiger partial charge is 0.276 e. The van der Waals surface area contributed by atoms with Gasteiger partial charge in [0, 0.05) is 28.9 Å². The molecule has 1 N–H and O–H groups in total. The Kier molecular flexibility index (Phi) is 4.08. The van der Waals surface area contributed by atoms with E-state index in [1.54, 1.807) is 16.9 Å². The molecule has 144 valence electrons. The van der Waals surface area contributed by atoms with Crippen molar-refractivity contribution in [2.45, 2.75) is 19.3 Å². The number of nitrogens with zero attached hydrogens (tertiary/aromatic N) is 3. The van der Waals surface area contributed by atoms with E-state index in [0.29, 0.717) is 22.6 Å². The number of hydrogen-bond acceptors (Lipinski definition) is 3. The van der Waals surface area contributed by atoms with Gasteiger partial charge in [-0.25, -0.2) is 13.5 Å². The fourth-order valence-electron chi connectivity index (χ4n) is 3.84. The number of rotatable bonds is 3. The van der Waals surface area contributed by atoms with Gasteiger partial charge in [0.1, 0.15) is 0 Å². The highest BCUT2D eigenvalue weighted by Gasteiger charge is 2.27. The van der Waals surface area contributed by atoms with Crippen molar-refractivity contribution in [3.63, 3.8) is 0 Å². The molecule has 1 aliphatic rings. The predicted octanol–water partition coefficient (Wildman–Crippen LogP) is 4.44. The van der Waals surface area contributed by atoms with Crippen LogP contribution in [0.1, 0.15) is 28.2 Å². The maximum absolute atomic E-state index is 13.7. The predicted molar refractivity (Wildman–Crippen MR) is 105 cm³/mol. The van der Waals surface area contributed by atoms with Crippen molar-refractivity contribution in [3.05, 3.63) is 83.3 Å². The fourth-order valence-corrected chi connectivity index (χ4v) is 3.84. The van der Waals surface area contributed by atoms with Crippen LogP contribution < -0.4 is 5.32 Å². The molecule has 2 aromatic heterocycles. The van der Waals surface area contributed by atoms with Gasteiger partial charge >= 0.3 is 0 Å². The minimum atomic E-state index is -0.947. The highest BCUT2D eigenvalue weighted by molar-refractivity contribution is 6.08. The van der Waals surface area contributed by atoms with E-state index < -0.39 is 11.6 Å². The number of carbonyl (C=O) groups excluding carboxylic acids is 1. The summed E-state index contributed by atoms with van der Waals surface area (Å²) in [6.45, 7) is 0. The molecule has 0 spiro atoms. The van der Waals surface area contributed by atoms with Crippen LogP contribution in [0.3, 0.4) is 0 Å². The molecule has 5 nitrogen and oxygen atoms in total. The molecule has 29 heavy (non-hydrogen) atoms. The Morgan fingerprint density at radius 1 is 1.03 bits per heavy atom. The number of halogens is 2. The summed E-state index contributed by atoms with van der Waals surface area (Å²) in [6.07, 6.45) is 4.00. The van der Waals surface area contributed by atoms with Crippen LogP contribution in [0.4, 0.5) is 14.5 Å². The molecule has 0 unspecified atom stereocenters. The summed E-state index contributed by atoms with van der Waals surface area (Å²) in [4.78, 5) is 17.4. The van der Waals surface area contributed by atoms with Crippen LogP contribution >= 0.6 is 0 Å². The zero-order valence-electron chi connectivity index (χ0n) is 15.3. The average molecular weight is 390 g/mol. The number of benzene rings is 2. The second-order valence-corrected chi connectivity index (χ2v) is 6.97. The second kappa shape index (κ2) is 6.77. The monoisotopic (exact) mass is 390 g/mol. The molecule has 0 aliphatic heterocycles. The van der Waals surface area contributed by atoms with E-state index in [0.717, 1.165) is 48.0 Å². The Morgan fingerprint density at radius 3 is 2.76 bits per heavy atom. The molecule has 5 rings (SSSR count). The Bertz CT molecular complexity index is 1260. The van der Waals surface area contributed by atoms with Gasteiger partial charge in [-0.05, 0) is 43.5 Å². The number of hydrogen-bond donors (Lipinski definition) is 1. The quantitative estimate of drug-likeness (QED) is 0.563. The minimum absolute atomic E-state index is 0.301. The van der Waals surface area contributed by atoms with Gasteiger partial charge in [-0.15, -0.1) is 0 Å². The Hall–Kier alpha value is -3.61. The molecule has 0 saturated carbocycles. The summed E-state index contributed by atoms with van der Waals surface area (Å²) in [5, 5.41) is 8.27. The molecule has 1 aliphatic carbocycles. The van der Waals surface area contributed by atoms with Crippen molar-refractivity contribution < 1.29 is 13.6 Å². The van der Waals surface area contributed by atoms with E-state index in [-0.39, 0.29) is 5.91 Å². The molecule has 0 radical (unpaired) electrons. The van der Waals surface area contributed by atoms with Crippen molar-refractivity contribution in [2.75, 3.05) is 5.32 Å². The molecule has 0 fully saturated rings. The van der Waals surface area contributed by atoms with Crippen molar-refractivity contribution in [3.8, 4) is 5.69 Å². The molecule has 4 aromatic rings. The van der Waals surface area contributed by atoms with Gasteiger partial charge in [0.2, 0.25) is 0 Å². The van der Waals surface area contributed by atoms with Crippen LogP contribution in [0.5, 0.6) is 0 Å².